The molecule has 0 unspecified atom stereocenters. The Morgan fingerprint density at radius 3 is 2.54 bits per heavy atom. The fourth-order valence-corrected chi connectivity index (χ4v) is 2.51. The Hall–Kier alpha value is -2.82. The number of nitrogens with zero attached hydrogens (tertiary/aromatic N) is 2. The zero-order valence-corrected chi connectivity index (χ0v) is 13.8. The molecule has 0 fully saturated rings. The lowest BCUT2D eigenvalue weighted by atomic mass is 10.3. The molecule has 5 heteroatoms. The van der Waals surface area contributed by atoms with Gasteiger partial charge < -0.3 is 14.0 Å². The maximum absolute atomic E-state index is 12.1. The van der Waals surface area contributed by atoms with Gasteiger partial charge in [-0.25, -0.2) is 4.98 Å². The standard InChI is InChI=1S/C19H20N2O3/c1-14(2)24-19(22)12-21-17-11-7-6-10-16(17)20-18(21)13-23-15-8-4-3-5-9-15/h3-11,14H,12-13H2,1-2H3. The van der Waals surface area contributed by atoms with Crippen molar-refractivity contribution in [2.75, 3.05) is 0 Å². The van der Waals surface area contributed by atoms with E-state index in [1.165, 1.54) is 0 Å². The summed E-state index contributed by atoms with van der Waals surface area (Å²) in [6.45, 7) is 4.08. The van der Waals surface area contributed by atoms with Gasteiger partial charge in [-0.1, -0.05) is 30.3 Å². The number of benzene rings is 2. The Labute approximate surface area is 140 Å². The second-order valence-electron chi connectivity index (χ2n) is 5.74. The monoisotopic (exact) mass is 324 g/mol. The van der Waals surface area contributed by atoms with E-state index < -0.39 is 0 Å². The summed E-state index contributed by atoms with van der Waals surface area (Å²) in [6, 6.07) is 17.3. The first kappa shape index (κ1) is 16.1. The number of para-hydroxylation sites is 3. The highest BCUT2D eigenvalue weighted by Gasteiger charge is 2.15. The molecule has 0 aliphatic carbocycles. The number of esters is 1. The largest absolute Gasteiger partial charge is 0.486 e. The van der Waals surface area contributed by atoms with Crippen LogP contribution < -0.4 is 4.74 Å². The maximum atomic E-state index is 12.1. The summed E-state index contributed by atoms with van der Waals surface area (Å²) in [5, 5.41) is 0. The van der Waals surface area contributed by atoms with E-state index in [0.29, 0.717) is 5.82 Å². The minimum atomic E-state index is -0.283. The van der Waals surface area contributed by atoms with Gasteiger partial charge in [-0.15, -0.1) is 0 Å². The molecule has 124 valence electrons. The first-order valence-electron chi connectivity index (χ1n) is 7.95. The van der Waals surface area contributed by atoms with Crippen molar-refractivity contribution >= 4 is 17.0 Å². The molecule has 0 aliphatic rings. The molecule has 0 saturated carbocycles. The third kappa shape index (κ3) is 3.74. The van der Waals surface area contributed by atoms with Gasteiger partial charge in [0.15, 0.2) is 0 Å². The molecule has 3 rings (SSSR count). The highest BCUT2D eigenvalue weighted by molar-refractivity contribution is 5.79. The molecule has 0 bridgehead atoms. The predicted molar refractivity (Wildman–Crippen MR) is 91.7 cm³/mol. The lowest BCUT2D eigenvalue weighted by Crippen LogP contribution is -2.19. The van der Waals surface area contributed by atoms with Crippen LogP contribution in [0.3, 0.4) is 0 Å². The number of fused-ring (bicyclic) bond motifs is 1. The topological polar surface area (TPSA) is 53.4 Å². The van der Waals surface area contributed by atoms with Crippen molar-refractivity contribution in [3.05, 3.63) is 60.4 Å². The minimum Gasteiger partial charge on any atom is -0.486 e. The van der Waals surface area contributed by atoms with E-state index in [4.69, 9.17) is 9.47 Å². The van der Waals surface area contributed by atoms with Crippen LogP contribution in [0.1, 0.15) is 19.7 Å². The summed E-state index contributed by atoms with van der Waals surface area (Å²) in [7, 11) is 0. The van der Waals surface area contributed by atoms with Crippen molar-refractivity contribution in [3.8, 4) is 5.75 Å². The molecule has 1 heterocycles. The van der Waals surface area contributed by atoms with Crippen molar-refractivity contribution < 1.29 is 14.3 Å². The number of carbonyl (C=O) groups excluding carboxylic acids is 1. The summed E-state index contributed by atoms with van der Waals surface area (Å²) in [5.41, 5.74) is 1.73. The molecule has 2 aromatic carbocycles. The number of hydrogen-bond donors (Lipinski definition) is 0. The van der Waals surface area contributed by atoms with Gasteiger partial charge >= 0.3 is 5.97 Å². The number of rotatable bonds is 6. The Morgan fingerprint density at radius 2 is 1.79 bits per heavy atom. The van der Waals surface area contributed by atoms with Crippen LogP contribution in [-0.4, -0.2) is 21.6 Å². The Balaban J connectivity index is 1.85. The lowest BCUT2D eigenvalue weighted by molar-refractivity contribution is -0.148. The predicted octanol–water partition coefficient (Wildman–Crippen LogP) is 3.57. The number of aromatic nitrogens is 2. The van der Waals surface area contributed by atoms with E-state index in [9.17, 15) is 4.79 Å². The quantitative estimate of drug-likeness (QED) is 0.651. The Bertz CT molecular complexity index is 825. The summed E-state index contributed by atoms with van der Waals surface area (Å²) in [4.78, 5) is 16.7. The van der Waals surface area contributed by atoms with Crippen molar-refractivity contribution in [3.63, 3.8) is 0 Å². The van der Waals surface area contributed by atoms with E-state index >= 15 is 0 Å². The Morgan fingerprint density at radius 1 is 1.08 bits per heavy atom. The summed E-state index contributed by atoms with van der Waals surface area (Å²) < 4.78 is 12.9. The second-order valence-corrected chi connectivity index (χ2v) is 5.74. The average Bonchev–Trinajstić information content (AvgIpc) is 2.91. The molecule has 0 radical (unpaired) electrons. The smallest absolute Gasteiger partial charge is 0.326 e. The van der Waals surface area contributed by atoms with E-state index in [1.54, 1.807) is 0 Å². The van der Waals surface area contributed by atoms with Gasteiger partial charge in [0.1, 0.15) is 24.7 Å². The third-order valence-electron chi connectivity index (χ3n) is 3.50. The normalized spacial score (nSPS) is 11.0. The minimum absolute atomic E-state index is 0.117. The van der Waals surface area contributed by atoms with Crippen LogP contribution in [0.15, 0.2) is 54.6 Å². The molecule has 3 aromatic rings. The molecule has 0 spiro atoms. The van der Waals surface area contributed by atoms with Gasteiger partial charge in [-0.2, -0.15) is 0 Å². The molecular weight excluding hydrogens is 304 g/mol. The molecule has 1 aromatic heterocycles. The molecule has 0 atom stereocenters. The van der Waals surface area contributed by atoms with E-state index in [-0.39, 0.29) is 25.2 Å². The summed E-state index contributed by atoms with van der Waals surface area (Å²) >= 11 is 0. The Kier molecular flexibility index (Phi) is 4.79. The van der Waals surface area contributed by atoms with Gasteiger partial charge in [0, 0.05) is 0 Å². The van der Waals surface area contributed by atoms with Crippen molar-refractivity contribution in [1.82, 2.24) is 9.55 Å². The number of imidazole rings is 1. The zero-order chi connectivity index (χ0) is 16.9. The molecule has 5 nitrogen and oxygen atoms in total. The molecule has 0 N–H and O–H groups in total. The lowest BCUT2D eigenvalue weighted by Gasteiger charge is -2.12. The van der Waals surface area contributed by atoms with Gasteiger partial charge in [0.05, 0.1) is 17.1 Å². The number of hydrogen-bond acceptors (Lipinski definition) is 4. The summed E-state index contributed by atoms with van der Waals surface area (Å²) in [5.74, 6) is 1.18. The van der Waals surface area contributed by atoms with Gasteiger partial charge in [0.25, 0.3) is 0 Å². The van der Waals surface area contributed by atoms with Gasteiger partial charge in [-0.3, -0.25) is 4.79 Å². The number of carbonyl (C=O) groups is 1. The zero-order valence-electron chi connectivity index (χ0n) is 13.8. The van der Waals surface area contributed by atoms with Crippen LogP contribution in [0.4, 0.5) is 0 Å². The van der Waals surface area contributed by atoms with Crippen molar-refractivity contribution in [2.45, 2.75) is 33.1 Å². The van der Waals surface area contributed by atoms with Crippen LogP contribution in [0.2, 0.25) is 0 Å². The third-order valence-corrected chi connectivity index (χ3v) is 3.50. The van der Waals surface area contributed by atoms with Gasteiger partial charge in [-0.05, 0) is 38.1 Å². The fraction of sp³-hybridized carbons (Fsp3) is 0.263. The van der Waals surface area contributed by atoms with Gasteiger partial charge in [0.2, 0.25) is 0 Å². The highest BCUT2D eigenvalue weighted by Crippen LogP contribution is 2.18. The van der Waals surface area contributed by atoms with Crippen LogP contribution in [0.25, 0.3) is 11.0 Å². The first-order chi connectivity index (χ1) is 11.6. The fourth-order valence-electron chi connectivity index (χ4n) is 2.51. The second kappa shape index (κ2) is 7.17. The highest BCUT2D eigenvalue weighted by atomic mass is 16.5. The summed E-state index contributed by atoms with van der Waals surface area (Å²) in [6.07, 6.45) is -0.142. The van der Waals surface area contributed by atoms with Crippen molar-refractivity contribution in [1.29, 1.82) is 0 Å². The average molecular weight is 324 g/mol. The molecule has 0 aliphatic heterocycles. The molecule has 24 heavy (non-hydrogen) atoms. The number of ether oxygens (including phenoxy) is 2. The molecular formula is C19H20N2O3. The molecule has 0 amide bonds. The van der Waals surface area contributed by atoms with Crippen LogP contribution in [0, 0.1) is 0 Å². The first-order valence-corrected chi connectivity index (χ1v) is 7.95. The van der Waals surface area contributed by atoms with E-state index in [0.717, 1.165) is 16.8 Å². The maximum Gasteiger partial charge on any atom is 0.326 e. The van der Waals surface area contributed by atoms with E-state index in [2.05, 4.69) is 4.98 Å². The van der Waals surface area contributed by atoms with Crippen LogP contribution in [-0.2, 0) is 22.7 Å². The van der Waals surface area contributed by atoms with Crippen LogP contribution in [0.5, 0.6) is 5.75 Å². The van der Waals surface area contributed by atoms with Crippen LogP contribution >= 0.6 is 0 Å². The van der Waals surface area contributed by atoms with Crippen molar-refractivity contribution in [2.24, 2.45) is 0 Å². The SMILES string of the molecule is CC(C)OC(=O)Cn1c(COc2ccccc2)nc2ccccc21. The molecule has 0 saturated heterocycles. The van der Waals surface area contributed by atoms with E-state index in [1.807, 2.05) is 73.0 Å².